The van der Waals surface area contributed by atoms with Gasteiger partial charge in [0, 0.05) is 216 Å². The maximum absolute atomic E-state index is 14.3. The Morgan fingerprint density at radius 1 is 0.438 bits per heavy atom. The van der Waals surface area contributed by atoms with E-state index in [9.17, 15) is 60.9 Å². The number of piperidine rings is 2. The Balaban J connectivity index is 0.000000209. The molecule has 0 aliphatic carbocycles. The van der Waals surface area contributed by atoms with E-state index in [0.29, 0.717) is 77.5 Å². The van der Waals surface area contributed by atoms with Gasteiger partial charge in [-0.25, -0.2) is 31.2 Å². The predicted molar refractivity (Wildman–Crippen MR) is 590 cm³/mol. The molecule has 0 amide bonds. The van der Waals surface area contributed by atoms with Crippen LogP contribution in [0.5, 0.6) is 5.75 Å². The zero-order chi connectivity index (χ0) is 103. The summed E-state index contributed by atoms with van der Waals surface area (Å²) in [5.41, 5.74) is 16.6. The van der Waals surface area contributed by atoms with Crippen LogP contribution in [0, 0.1) is 27.7 Å². The van der Waals surface area contributed by atoms with E-state index in [2.05, 4.69) is 90.4 Å². The summed E-state index contributed by atoms with van der Waals surface area (Å²) in [6.07, 6.45) is 3.57. The number of carboxylic acids is 1. The molecule has 4 aliphatic rings. The quantitative estimate of drug-likeness (QED) is 0.00751. The molecule has 2 atom stereocenters. The van der Waals surface area contributed by atoms with Crippen LogP contribution in [0.25, 0.3) is 44.8 Å². The number of aromatic carboxylic acids is 1. The van der Waals surface area contributed by atoms with E-state index in [1.807, 2.05) is 185 Å². The molecule has 0 spiro atoms. The summed E-state index contributed by atoms with van der Waals surface area (Å²) in [5.74, 6) is -0.506. The molecule has 17 rings (SSSR count). The molecule has 0 unspecified atom stereocenters. The van der Waals surface area contributed by atoms with Gasteiger partial charge in [-0.2, -0.15) is 0 Å². The topological polar surface area (TPSA) is 334 Å². The van der Waals surface area contributed by atoms with Crippen molar-refractivity contribution >= 4 is 138 Å². The first kappa shape index (κ1) is 107. The molecule has 146 heavy (non-hydrogen) atoms. The number of aliphatic hydroxyl groups excluding tert-OH is 2. The van der Waals surface area contributed by atoms with E-state index >= 15 is 0 Å². The number of thioether (sulfide) groups is 2. The number of carbonyl (C=O) groups excluding carboxylic acids is 2. The number of rotatable bonds is 38. The van der Waals surface area contributed by atoms with Crippen molar-refractivity contribution in [2.45, 2.75) is 137 Å². The van der Waals surface area contributed by atoms with E-state index < -0.39 is 51.9 Å². The normalized spacial score (nSPS) is 15.2. The van der Waals surface area contributed by atoms with E-state index in [-0.39, 0.29) is 51.0 Å². The van der Waals surface area contributed by atoms with Crippen molar-refractivity contribution in [2.75, 3.05) is 149 Å². The zero-order valence-corrected chi connectivity index (χ0v) is 88.3. The molecule has 766 valence electrons. The molecule has 0 radical (unpaired) electrons. The van der Waals surface area contributed by atoms with Crippen molar-refractivity contribution in [1.29, 1.82) is 0 Å². The fraction of sp³-hybridized carbons (Fsp3) is 0.312. The smallest absolute Gasteiger partial charge is 0.362 e. The number of ether oxygens (including phenoxy) is 2. The van der Waals surface area contributed by atoms with Gasteiger partial charge in [0.2, 0.25) is 0 Å². The molecule has 11 aromatic carbocycles. The summed E-state index contributed by atoms with van der Waals surface area (Å²) in [4.78, 5) is 75.2. The summed E-state index contributed by atoms with van der Waals surface area (Å²) in [6.45, 7) is 23.8. The first-order chi connectivity index (χ1) is 70.3. The number of nitrogens with zero attached hydrogens (tertiary/aromatic N) is 8. The van der Waals surface area contributed by atoms with Crippen LogP contribution in [0.4, 0.5) is 45.5 Å². The largest absolute Gasteiger partial charge is 0.478 e. The van der Waals surface area contributed by atoms with E-state index in [4.69, 9.17) is 32.7 Å². The molecule has 4 saturated heterocycles. The highest BCUT2D eigenvalue weighted by Gasteiger charge is 2.34. The van der Waals surface area contributed by atoms with Crippen LogP contribution >= 0.6 is 54.3 Å². The minimum Gasteiger partial charge on any atom is -0.478 e. The number of piperazine rings is 2. The molecular weight excluding hydrogens is 1980 g/mol. The molecule has 4 fully saturated rings. The number of anilines is 8. The van der Waals surface area contributed by atoms with Gasteiger partial charge < -0.3 is 83.7 Å². The highest BCUT2D eigenvalue weighted by molar-refractivity contribution is 7.99. The maximum Gasteiger partial charge on any atom is 0.362 e. The van der Waals surface area contributed by atoms with E-state index in [0.717, 1.165) is 206 Å². The Kier molecular flexibility index (Phi) is 35.6. The second-order valence-electron chi connectivity index (χ2n) is 37.3. The molecule has 27 nitrogen and oxygen atoms in total. The van der Waals surface area contributed by atoms with Crippen LogP contribution < -0.4 is 44.4 Å². The second-order valence-corrected chi connectivity index (χ2v) is 45.3. The molecule has 0 saturated carbocycles. The number of benzene rings is 11. The van der Waals surface area contributed by atoms with Crippen LogP contribution in [-0.4, -0.2) is 213 Å². The molecule has 6 heterocycles. The van der Waals surface area contributed by atoms with Crippen LogP contribution in [-0.2, 0) is 42.4 Å². The van der Waals surface area contributed by atoms with Gasteiger partial charge in [-0.3, -0.25) is 14.0 Å². The molecule has 13 aromatic rings. The first-order valence-electron chi connectivity index (χ1n) is 49.4. The summed E-state index contributed by atoms with van der Waals surface area (Å²) in [7, 11) is -12.4. The van der Waals surface area contributed by atoms with Gasteiger partial charge in [-0.05, 0) is 295 Å². The Morgan fingerprint density at radius 2 is 0.815 bits per heavy atom. The summed E-state index contributed by atoms with van der Waals surface area (Å²) < 4.78 is 87.6. The third-order valence-corrected chi connectivity index (χ3v) is 33.4. The number of nitrogens with one attached hydrogen (secondary N) is 4. The number of esters is 2. The first-order valence-corrected chi connectivity index (χ1v) is 56.9. The molecule has 34 heteroatoms. The fourth-order valence-corrected chi connectivity index (χ4v) is 24.2. The SMILES string of the molecule is CCn1c(C)c(C(=O)OCP(=O)(O)O)c(-c2cccc(N3CCN(c4ccc(NS(=O)(=O)c5ccc(N[C@H](CCN6CCC(O)CC6)CSc6ccccc6)c(C)c5)cc4)CC3)c2)c1-c1ccc(Cl)cc1.CCn1c(C)c(C(=O)Oc2ccc(C(=O)O)cc2)c(-c2cccc(N3CCN(c4ccc(NS(=O)(=O)c5ccc(N[C@H](CCN6CCC(O)CC6)CSc6ccccc6)c(C)c5)cc4)CC3)c2)c1-c1ccc(Cl)cc1. The number of carbonyl (C=O) groups is 3. The number of aromatic nitrogens is 2. The van der Waals surface area contributed by atoms with Crippen LogP contribution in [0.3, 0.4) is 0 Å². The lowest BCUT2D eigenvalue weighted by Crippen LogP contribution is -2.46. The van der Waals surface area contributed by atoms with Gasteiger partial charge in [-0.15, -0.1) is 23.5 Å². The number of halogens is 2. The summed E-state index contributed by atoms with van der Waals surface area (Å²) in [6, 6.07) is 83.2. The lowest BCUT2D eigenvalue weighted by Gasteiger charge is -2.37. The zero-order valence-electron chi connectivity index (χ0n) is 82.6. The van der Waals surface area contributed by atoms with Crippen molar-refractivity contribution in [1.82, 2.24) is 18.9 Å². The van der Waals surface area contributed by atoms with Crippen molar-refractivity contribution in [2.24, 2.45) is 0 Å². The number of carboxylic acid groups (broad SMARTS) is 1. The molecule has 9 N–H and O–H groups in total. The van der Waals surface area contributed by atoms with E-state index in [1.165, 1.54) is 34.1 Å². The van der Waals surface area contributed by atoms with Crippen molar-refractivity contribution in [3.63, 3.8) is 0 Å². The third kappa shape index (κ3) is 27.3. The van der Waals surface area contributed by atoms with Crippen molar-refractivity contribution < 1.29 is 70.4 Å². The van der Waals surface area contributed by atoms with E-state index in [1.54, 1.807) is 91.1 Å². The van der Waals surface area contributed by atoms with Gasteiger partial charge in [0.1, 0.15) is 5.75 Å². The third-order valence-electron chi connectivity index (χ3n) is 27.4. The highest BCUT2D eigenvalue weighted by Crippen LogP contribution is 2.46. The minimum absolute atomic E-state index is 0.0916. The Morgan fingerprint density at radius 3 is 1.18 bits per heavy atom. The van der Waals surface area contributed by atoms with Crippen LogP contribution in [0.1, 0.15) is 106 Å². The van der Waals surface area contributed by atoms with Crippen LogP contribution in [0.2, 0.25) is 10.0 Å². The number of sulfonamides is 2. The molecule has 4 aliphatic heterocycles. The second kappa shape index (κ2) is 48.7. The molecular formula is C112H125Cl2N12O15PS4. The average Bonchev–Trinajstić information content (AvgIpc) is 1.60. The Hall–Kier alpha value is -12.0. The number of aliphatic hydroxyl groups is 2. The molecule has 2 aromatic heterocycles. The molecule has 0 bridgehead atoms. The summed E-state index contributed by atoms with van der Waals surface area (Å²) >= 11 is 16.2. The number of likely N-dealkylation sites (tertiary alicyclic amines) is 2. The standard InChI is InChI=1S/C59H63ClN6O7S2.C53H62ClN6O8PS2/c1-4-66-41(3)55(59(70)73-51-23-15-43(16-24-51)58(68)69)56(57(66)42-13-17-45(60)18-14-42)44-9-8-10-49(38-44)65-35-33-64(34-36-65)48-21-19-46(20-22-48)62-75(71,72)53-25-26-54(40(2)37-53)61-47(39-74-52-11-6-5-7-12-52)27-30-63-31-28-50(67)29-32-63;1-4-60-38(3)50(53(62)68-36-69(63,64)65)51(52(60)39-13-15-41(54)16-14-39)40-9-8-10-45(34-40)59-31-29-58(30-32-59)44-19-17-42(18-20-44)56-71(66,67)48-21-22-49(37(2)33-48)55-43(35-70-47-11-6-5-7-12-47)23-26-57-27-24-46(61)25-28-57/h5-26,37-38,47,50,61-62,67H,4,27-36,39H2,1-3H3,(H,68,69);5-22,33-34,43,46,55-56,61H,4,23-32,35-36H2,1-3H3,(H2,63,64,65)/t47-;43-/m11/s1. The van der Waals surface area contributed by atoms with Crippen LogP contribution in [0.15, 0.2) is 287 Å². The maximum atomic E-state index is 14.3. The Labute approximate surface area is 873 Å². The lowest BCUT2D eigenvalue weighted by molar-refractivity contribution is 0.0549. The van der Waals surface area contributed by atoms with Gasteiger partial charge in [-0.1, -0.05) is 108 Å². The van der Waals surface area contributed by atoms with Gasteiger partial charge in [0.25, 0.3) is 20.0 Å². The van der Waals surface area contributed by atoms with Crippen molar-refractivity contribution in [3.8, 4) is 50.5 Å². The number of aryl methyl sites for hydroxylation is 2. The monoisotopic (exact) mass is 2110 g/mol. The predicted octanol–water partition coefficient (Wildman–Crippen LogP) is 21.5. The minimum atomic E-state index is -4.62. The van der Waals surface area contributed by atoms with Crippen molar-refractivity contribution in [3.05, 3.63) is 316 Å². The number of hydrogen-bond donors (Lipinski definition) is 9. The fourth-order valence-electron chi connectivity index (χ4n) is 19.4. The van der Waals surface area contributed by atoms with Gasteiger partial charge in [0.15, 0.2) is 6.35 Å². The van der Waals surface area contributed by atoms with Gasteiger partial charge >= 0.3 is 25.5 Å². The highest BCUT2D eigenvalue weighted by atomic mass is 35.5. The lowest BCUT2D eigenvalue weighted by atomic mass is 9.96. The Bertz CT molecular complexity index is 6990. The average molecular weight is 2110 g/mol. The summed E-state index contributed by atoms with van der Waals surface area (Å²) in [5, 5.41) is 38.0. The number of hydrogen-bond acceptors (Lipinski definition) is 22. The van der Waals surface area contributed by atoms with Gasteiger partial charge in [0.05, 0.1) is 50.1 Å².